The van der Waals surface area contributed by atoms with E-state index in [0.717, 1.165) is 0 Å². The number of nitrogens with one attached hydrogen (secondary N) is 1. The summed E-state index contributed by atoms with van der Waals surface area (Å²) in [5, 5.41) is 2.49. The third-order valence-electron chi connectivity index (χ3n) is 2.23. The zero-order chi connectivity index (χ0) is 12.6. The molecular weight excluding hydrogens is 210 g/mol. The highest BCUT2D eigenvalue weighted by Gasteiger charge is 2.49. The molecule has 5 heteroatoms. The number of alkyl carbamates (subject to hydrolysis) is 1. The summed E-state index contributed by atoms with van der Waals surface area (Å²) >= 11 is 0. The van der Waals surface area contributed by atoms with E-state index >= 15 is 0 Å². The summed E-state index contributed by atoms with van der Waals surface area (Å²) in [5.74, 6) is -0.127. The standard InChI is InChI=1S/C11H19NO4/c1-7(8(13)11(5)6-15-11)12-9(14)16-10(2,3)4/h7H,6H2,1-5H3,(H,12,14). The minimum absolute atomic E-state index is 0.127. The fourth-order valence-corrected chi connectivity index (χ4v) is 1.26. The van der Waals surface area contributed by atoms with Gasteiger partial charge >= 0.3 is 6.09 Å². The van der Waals surface area contributed by atoms with Gasteiger partial charge in [0.15, 0.2) is 5.78 Å². The number of rotatable bonds is 3. The summed E-state index contributed by atoms with van der Waals surface area (Å²) < 4.78 is 10.1. The second-order valence-electron chi connectivity index (χ2n) is 5.25. The van der Waals surface area contributed by atoms with Gasteiger partial charge in [0, 0.05) is 0 Å². The molecule has 2 unspecified atom stereocenters. The Morgan fingerprint density at radius 3 is 2.31 bits per heavy atom. The van der Waals surface area contributed by atoms with Crippen molar-refractivity contribution in [3.05, 3.63) is 0 Å². The molecule has 92 valence electrons. The molecule has 1 amide bonds. The Bertz CT molecular complexity index is 302. The molecule has 0 bridgehead atoms. The number of carbonyl (C=O) groups is 2. The fourth-order valence-electron chi connectivity index (χ4n) is 1.26. The highest BCUT2D eigenvalue weighted by atomic mass is 16.6. The predicted octanol–water partition coefficient (Wildman–Crippen LogP) is 1.26. The van der Waals surface area contributed by atoms with Crippen molar-refractivity contribution in [2.24, 2.45) is 0 Å². The van der Waals surface area contributed by atoms with Gasteiger partial charge in [0.2, 0.25) is 0 Å². The molecule has 2 atom stereocenters. The first-order valence-electron chi connectivity index (χ1n) is 5.32. The van der Waals surface area contributed by atoms with Crippen LogP contribution in [0.2, 0.25) is 0 Å². The normalized spacial score (nSPS) is 25.8. The summed E-state index contributed by atoms with van der Waals surface area (Å²) in [6, 6.07) is -0.595. The first-order chi connectivity index (χ1) is 7.14. The van der Waals surface area contributed by atoms with E-state index in [-0.39, 0.29) is 5.78 Å². The zero-order valence-electron chi connectivity index (χ0n) is 10.4. The largest absolute Gasteiger partial charge is 0.444 e. The average molecular weight is 229 g/mol. The van der Waals surface area contributed by atoms with Gasteiger partial charge in [-0.25, -0.2) is 4.79 Å². The number of hydrogen-bond acceptors (Lipinski definition) is 4. The fraction of sp³-hybridized carbons (Fsp3) is 0.818. The number of epoxide rings is 1. The second kappa shape index (κ2) is 4.05. The topological polar surface area (TPSA) is 67.9 Å². The molecule has 1 aliphatic rings. The van der Waals surface area contributed by atoms with Gasteiger partial charge in [0.05, 0.1) is 12.6 Å². The molecule has 1 rings (SSSR count). The molecule has 1 N–H and O–H groups in total. The molecule has 0 spiro atoms. The molecule has 0 aromatic heterocycles. The second-order valence-corrected chi connectivity index (χ2v) is 5.25. The summed E-state index contributed by atoms with van der Waals surface area (Å²) in [6.07, 6.45) is -0.586. The molecule has 0 aliphatic carbocycles. The molecule has 0 saturated carbocycles. The van der Waals surface area contributed by atoms with Gasteiger partial charge < -0.3 is 14.8 Å². The molecule has 1 fully saturated rings. The maximum atomic E-state index is 11.7. The SMILES string of the molecule is CC(NC(=O)OC(C)(C)C)C(=O)C1(C)CO1. The van der Waals surface area contributed by atoms with Crippen LogP contribution in [0.4, 0.5) is 4.79 Å². The van der Waals surface area contributed by atoms with Crippen molar-refractivity contribution in [1.29, 1.82) is 0 Å². The van der Waals surface area contributed by atoms with Gasteiger partial charge in [-0.05, 0) is 34.6 Å². The summed E-state index contributed by atoms with van der Waals surface area (Å²) in [4.78, 5) is 23.1. The van der Waals surface area contributed by atoms with E-state index in [1.807, 2.05) is 0 Å². The third kappa shape index (κ3) is 3.48. The molecule has 16 heavy (non-hydrogen) atoms. The Kier molecular flexibility index (Phi) is 3.28. The van der Waals surface area contributed by atoms with Gasteiger partial charge in [0.25, 0.3) is 0 Å². The molecule has 1 heterocycles. The molecule has 5 nitrogen and oxygen atoms in total. The maximum absolute atomic E-state index is 11.7. The number of carbonyl (C=O) groups excluding carboxylic acids is 2. The molecule has 1 saturated heterocycles. The summed E-state index contributed by atoms with van der Waals surface area (Å²) in [7, 11) is 0. The lowest BCUT2D eigenvalue weighted by Gasteiger charge is -2.22. The summed E-state index contributed by atoms with van der Waals surface area (Å²) in [6.45, 7) is 9.06. The van der Waals surface area contributed by atoms with Crippen molar-refractivity contribution in [2.45, 2.75) is 51.9 Å². The van der Waals surface area contributed by atoms with E-state index in [0.29, 0.717) is 6.61 Å². The first kappa shape index (κ1) is 13.0. The smallest absolute Gasteiger partial charge is 0.408 e. The van der Waals surface area contributed by atoms with Crippen LogP contribution < -0.4 is 5.32 Å². The van der Waals surface area contributed by atoms with Crippen LogP contribution in [0.5, 0.6) is 0 Å². The quantitative estimate of drug-likeness (QED) is 0.740. The van der Waals surface area contributed by atoms with Gasteiger partial charge in [-0.1, -0.05) is 0 Å². The van der Waals surface area contributed by atoms with E-state index in [2.05, 4.69) is 5.32 Å². The van der Waals surface area contributed by atoms with Crippen LogP contribution in [0.3, 0.4) is 0 Å². The van der Waals surface area contributed by atoms with Crippen molar-refractivity contribution in [1.82, 2.24) is 5.32 Å². The minimum Gasteiger partial charge on any atom is -0.444 e. The number of amides is 1. The lowest BCUT2D eigenvalue weighted by molar-refractivity contribution is -0.125. The lowest BCUT2D eigenvalue weighted by atomic mass is 10.0. The van der Waals surface area contributed by atoms with Crippen molar-refractivity contribution in [3.63, 3.8) is 0 Å². The van der Waals surface area contributed by atoms with Gasteiger partial charge in [-0.3, -0.25) is 4.79 Å². The van der Waals surface area contributed by atoms with Crippen molar-refractivity contribution in [3.8, 4) is 0 Å². The Balaban J connectivity index is 2.42. The first-order valence-corrected chi connectivity index (χ1v) is 5.32. The van der Waals surface area contributed by atoms with Crippen LogP contribution in [0.15, 0.2) is 0 Å². The molecule has 0 radical (unpaired) electrons. The Morgan fingerprint density at radius 1 is 1.44 bits per heavy atom. The molecule has 0 aromatic rings. The van der Waals surface area contributed by atoms with E-state index in [9.17, 15) is 9.59 Å². The monoisotopic (exact) mass is 229 g/mol. The highest BCUT2D eigenvalue weighted by molar-refractivity contribution is 5.95. The summed E-state index contributed by atoms with van der Waals surface area (Å²) in [5.41, 5.74) is -1.28. The molecule has 0 aromatic carbocycles. The molecular formula is C11H19NO4. The lowest BCUT2D eigenvalue weighted by Crippen LogP contribution is -2.45. The van der Waals surface area contributed by atoms with Crippen molar-refractivity contribution < 1.29 is 19.1 Å². The van der Waals surface area contributed by atoms with Crippen LogP contribution >= 0.6 is 0 Å². The third-order valence-corrected chi connectivity index (χ3v) is 2.23. The van der Waals surface area contributed by atoms with Crippen LogP contribution in [-0.4, -0.2) is 35.7 Å². The van der Waals surface area contributed by atoms with E-state index in [4.69, 9.17) is 9.47 Å². The number of Topliss-reactive ketones (excluding diaryl/α,β-unsaturated/α-hetero) is 1. The van der Waals surface area contributed by atoms with E-state index in [1.165, 1.54) is 0 Å². The van der Waals surface area contributed by atoms with Gasteiger partial charge in [0.1, 0.15) is 11.2 Å². The van der Waals surface area contributed by atoms with Gasteiger partial charge in [-0.15, -0.1) is 0 Å². The van der Waals surface area contributed by atoms with Crippen molar-refractivity contribution in [2.75, 3.05) is 6.61 Å². The predicted molar refractivity (Wildman–Crippen MR) is 58.2 cm³/mol. The van der Waals surface area contributed by atoms with E-state index < -0.39 is 23.3 Å². The Morgan fingerprint density at radius 2 is 1.94 bits per heavy atom. The molecule has 1 aliphatic heterocycles. The van der Waals surface area contributed by atoms with Crippen LogP contribution in [0, 0.1) is 0 Å². The van der Waals surface area contributed by atoms with Gasteiger partial charge in [-0.2, -0.15) is 0 Å². The average Bonchev–Trinajstić information content (AvgIpc) is 2.79. The maximum Gasteiger partial charge on any atom is 0.408 e. The number of ketones is 1. The van der Waals surface area contributed by atoms with Crippen molar-refractivity contribution >= 4 is 11.9 Å². The highest BCUT2D eigenvalue weighted by Crippen LogP contribution is 2.28. The van der Waals surface area contributed by atoms with Crippen LogP contribution in [0.25, 0.3) is 0 Å². The zero-order valence-corrected chi connectivity index (χ0v) is 10.4. The van der Waals surface area contributed by atoms with E-state index in [1.54, 1.807) is 34.6 Å². The van der Waals surface area contributed by atoms with Crippen LogP contribution in [-0.2, 0) is 14.3 Å². The Hall–Kier alpha value is -1.10. The Labute approximate surface area is 95.5 Å². The number of hydrogen-bond donors (Lipinski definition) is 1. The number of ether oxygens (including phenoxy) is 2. The minimum atomic E-state index is -0.714. The van der Waals surface area contributed by atoms with Crippen LogP contribution in [0.1, 0.15) is 34.6 Å².